The van der Waals surface area contributed by atoms with E-state index in [9.17, 15) is 0 Å². The Morgan fingerprint density at radius 3 is 2.72 bits per heavy atom. The third-order valence-corrected chi connectivity index (χ3v) is 2.80. The topological polar surface area (TPSA) is 38.1 Å². The van der Waals surface area contributed by atoms with Gasteiger partial charge in [-0.1, -0.05) is 32.0 Å². The second kappa shape index (κ2) is 5.54. The Kier molecular flexibility index (Phi) is 3.82. The van der Waals surface area contributed by atoms with Crippen LogP contribution >= 0.6 is 0 Å². The van der Waals surface area contributed by atoms with Crippen molar-refractivity contribution in [3.05, 3.63) is 53.6 Å². The Labute approximate surface area is 108 Å². The van der Waals surface area contributed by atoms with Crippen LogP contribution in [0.3, 0.4) is 0 Å². The molecular formula is C15H17N3. The van der Waals surface area contributed by atoms with Crippen molar-refractivity contribution in [3.8, 4) is 0 Å². The molecule has 0 bridgehead atoms. The van der Waals surface area contributed by atoms with Gasteiger partial charge < -0.3 is 0 Å². The highest BCUT2D eigenvalue weighted by atomic mass is 14.8. The van der Waals surface area contributed by atoms with Gasteiger partial charge in [0.25, 0.3) is 0 Å². The van der Waals surface area contributed by atoms with Gasteiger partial charge in [0, 0.05) is 12.4 Å². The number of nitrogens with zero attached hydrogens (tertiary/aromatic N) is 3. The molecule has 2 aromatic rings. The number of hydrogen-bond acceptors (Lipinski definition) is 3. The molecule has 3 nitrogen and oxygen atoms in total. The lowest BCUT2D eigenvalue weighted by Gasteiger charge is -2.11. The molecule has 18 heavy (non-hydrogen) atoms. The summed E-state index contributed by atoms with van der Waals surface area (Å²) in [5.74, 6) is 0.457. The van der Waals surface area contributed by atoms with E-state index in [1.807, 2.05) is 0 Å². The van der Waals surface area contributed by atoms with Gasteiger partial charge in [0.2, 0.25) is 0 Å². The fourth-order valence-corrected chi connectivity index (χ4v) is 1.83. The summed E-state index contributed by atoms with van der Waals surface area (Å²) in [6, 6.07) is 6.28. The monoisotopic (exact) mass is 239 g/mol. The molecule has 0 unspecified atom stereocenters. The Morgan fingerprint density at radius 2 is 2.06 bits per heavy atom. The van der Waals surface area contributed by atoms with E-state index >= 15 is 0 Å². The van der Waals surface area contributed by atoms with Gasteiger partial charge in [0.05, 0.1) is 23.8 Å². The summed E-state index contributed by atoms with van der Waals surface area (Å²) in [6.45, 7) is 6.43. The summed E-state index contributed by atoms with van der Waals surface area (Å²) >= 11 is 0. The molecule has 92 valence electrons. The molecule has 0 radical (unpaired) electrons. The third kappa shape index (κ3) is 2.80. The molecule has 1 aromatic carbocycles. The minimum atomic E-state index is 0.457. The smallest absolute Gasteiger partial charge is 0.0995 e. The fourth-order valence-electron chi connectivity index (χ4n) is 1.83. The lowest BCUT2D eigenvalue weighted by atomic mass is 9.98. The highest BCUT2D eigenvalue weighted by Crippen LogP contribution is 2.29. The first-order chi connectivity index (χ1) is 8.68. The Hall–Kier alpha value is -2.03. The van der Waals surface area contributed by atoms with Gasteiger partial charge in [-0.3, -0.25) is 15.0 Å². The minimum Gasteiger partial charge on any atom is -0.261 e. The molecule has 0 aliphatic heterocycles. The molecule has 0 aliphatic carbocycles. The Bertz CT molecular complexity index is 545. The molecule has 1 aromatic heterocycles. The number of hydrogen-bond donors (Lipinski definition) is 0. The average molecular weight is 239 g/mol. The van der Waals surface area contributed by atoms with Gasteiger partial charge in [-0.2, -0.15) is 0 Å². The van der Waals surface area contributed by atoms with Crippen molar-refractivity contribution in [2.45, 2.75) is 26.7 Å². The van der Waals surface area contributed by atoms with Crippen LogP contribution in [0.2, 0.25) is 0 Å². The van der Waals surface area contributed by atoms with Crippen LogP contribution in [-0.2, 0) is 0 Å². The van der Waals surface area contributed by atoms with Crippen LogP contribution in [0.25, 0.3) is 0 Å². The standard InChI is InChI=1S/C15H17N3/c1-11(2)14-6-4-5-12(3)15(14)18-10-13-9-16-7-8-17-13/h4-11H,1-3H3. The summed E-state index contributed by atoms with van der Waals surface area (Å²) in [7, 11) is 0. The number of para-hydroxylation sites is 1. The van der Waals surface area contributed by atoms with Gasteiger partial charge in [0.15, 0.2) is 0 Å². The predicted molar refractivity (Wildman–Crippen MR) is 74.6 cm³/mol. The van der Waals surface area contributed by atoms with Gasteiger partial charge in [-0.15, -0.1) is 0 Å². The molecule has 0 saturated carbocycles. The van der Waals surface area contributed by atoms with Crippen LogP contribution in [0.15, 0.2) is 41.8 Å². The van der Waals surface area contributed by atoms with E-state index in [1.54, 1.807) is 24.8 Å². The third-order valence-electron chi connectivity index (χ3n) is 2.80. The molecule has 0 N–H and O–H groups in total. The van der Waals surface area contributed by atoms with Gasteiger partial charge >= 0.3 is 0 Å². The lowest BCUT2D eigenvalue weighted by molar-refractivity contribution is 0.865. The van der Waals surface area contributed by atoms with Crippen molar-refractivity contribution in [1.29, 1.82) is 0 Å². The summed E-state index contributed by atoms with van der Waals surface area (Å²) < 4.78 is 0. The molecular weight excluding hydrogens is 222 g/mol. The molecule has 2 rings (SSSR count). The molecule has 0 spiro atoms. The predicted octanol–water partition coefficient (Wildman–Crippen LogP) is 3.66. The first kappa shape index (κ1) is 12.4. The summed E-state index contributed by atoms with van der Waals surface area (Å²) in [5, 5.41) is 0. The summed E-state index contributed by atoms with van der Waals surface area (Å²) in [5.41, 5.74) is 4.25. The van der Waals surface area contributed by atoms with E-state index in [2.05, 4.69) is 53.9 Å². The zero-order valence-electron chi connectivity index (χ0n) is 11.0. The highest BCUT2D eigenvalue weighted by molar-refractivity contribution is 5.80. The van der Waals surface area contributed by atoms with Gasteiger partial charge in [-0.25, -0.2) is 0 Å². The van der Waals surface area contributed by atoms with Crippen molar-refractivity contribution in [1.82, 2.24) is 9.97 Å². The van der Waals surface area contributed by atoms with E-state index in [0.29, 0.717) is 5.92 Å². The second-order valence-electron chi connectivity index (χ2n) is 4.56. The van der Waals surface area contributed by atoms with Crippen molar-refractivity contribution in [2.75, 3.05) is 0 Å². The van der Waals surface area contributed by atoms with E-state index in [1.165, 1.54) is 11.1 Å². The van der Waals surface area contributed by atoms with Gasteiger partial charge in [-0.05, 0) is 24.0 Å². The Balaban J connectivity index is 2.37. The first-order valence-corrected chi connectivity index (χ1v) is 6.08. The lowest BCUT2D eigenvalue weighted by Crippen LogP contribution is -1.92. The number of aryl methyl sites for hydroxylation is 1. The van der Waals surface area contributed by atoms with Crippen LogP contribution < -0.4 is 0 Å². The van der Waals surface area contributed by atoms with Gasteiger partial charge in [0.1, 0.15) is 0 Å². The van der Waals surface area contributed by atoms with Crippen LogP contribution in [0.4, 0.5) is 5.69 Å². The SMILES string of the molecule is Cc1cccc(C(C)C)c1N=Cc1cnccn1. The molecule has 0 amide bonds. The van der Waals surface area contributed by atoms with E-state index in [-0.39, 0.29) is 0 Å². The maximum Gasteiger partial charge on any atom is 0.0995 e. The molecule has 3 heteroatoms. The molecule has 0 saturated heterocycles. The summed E-state index contributed by atoms with van der Waals surface area (Å²) in [6.07, 6.45) is 6.80. The number of aromatic nitrogens is 2. The highest BCUT2D eigenvalue weighted by Gasteiger charge is 2.07. The number of rotatable bonds is 3. The quantitative estimate of drug-likeness (QED) is 0.767. The maximum atomic E-state index is 4.57. The molecule has 0 fully saturated rings. The second-order valence-corrected chi connectivity index (χ2v) is 4.56. The fraction of sp³-hybridized carbons (Fsp3) is 0.267. The van der Waals surface area contributed by atoms with Crippen LogP contribution in [0.1, 0.15) is 36.6 Å². The largest absolute Gasteiger partial charge is 0.261 e. The zero-order chi connectivity index (χ0) is 13.0. The van der Waals surface area contributed by atoms with Crippen molar-refractivity contribution >= 4 is 11.9 Å². The zero-order valence-corrected chi connectivity index (χ0v) is 11.0. The van der Waals surface area contributed by atoms with Crippen molar-refractivity contribution in [3.63, 3.8) is 0 Å². The van der Waals surface area contributed by atoms with Crippen molar-refractivity contribution in [2.24, 2.45) is 4.99 Å². The molecule has 1 heterocycles. The Morgan fingerprint density at radius 1 is 1.22 bits per heavy atom. The first-order valence-electron chi connectivity index (χ1n) is 6.08. The molecule has 0 aliphatic rings. The summed E-state index contributed by atoms with van der Waals surface area (Å²) in [4.78, 5) is 12.8. The maximum absolute atomic E-state index is 4.57. The van der Waals surface area contributed by atoms with E-state index < -0.39 is 0 Å². The van der Waals surface area contributed by atoms with Crippen molar-refractivity contribution < 1.29 is 0 Å². The van der Waals surface area contributed by atoms with E-state index in [0.717, 1.165) is 11.4 Å². The van der Waals surface area contributed by atoms with Crippen LogP contribution in [-0.4, -0.2) is 16.2 Å². The normalized spacial score (nSPS) is 11.3. The minimum absolute atomic E-state index is 0.457. The molecule has 0 atom stereocenters. The van der Waals surface area contributed by atoms with Crippen LogP contribution in [0, 0.1) is 6.92 Å². The average Bonchev–Trinajstić information content (AvgIpc) is 2.38. The van der Waals surface area contributed by atoms with Crippen LogP contribution in [0.5, 0.6) is 0 Å². The number of aliphatic imine (C=N–C) groups is 1. The number of benzene rings is 1. The van der Waals surface area contributed by atoms with E-state index in [4.69, 9.17) is 0 Å².